The standard InChI is InChI=1S/C17H14FN3O2S/c1-9-7-13(20-16(23)11-3-5-12(18)6-4-11)8-14-15(9)21-17(24-14)19-10(2)22/h3-8H,1-2H3,(H,20,23)(H,19,21,22). The molecule has 0 saturated carbocycles. The molecule has 5 nitrogen and oxygen atoms in total. The van der Waals surface area contributed by atoms with Crippen LogP contribution >= 0.6 is 11.3 Å². The summed E-state index contributed by atoms with van der Waals surface area (Å²) in [4.78, 5) is 27.7. The number of rotatable bonds is 3. The summed E-state index contributed by atoms with van der Waals surface area (Å²) in [7, 11) is 0. The number of fused-ring (bicyclic) bond motifs is 1. The molecule has 0 aliphatic carbocycles. The molecule has 0 aliphatic rings. The van der Waals surface area contributed by atoms with E-state index in [9.17, 15) is 14.0 Å². The summed E-state index contributed by atoms with van der Waals surface area (Å²) < 4.78 is 13.8. The number of hydrogen-bond donors (Lipinski definition) is 2. The number of halogens is 1. The lowest BCUT2D eigenvalue weighted by molar-refractivity contribution is -0.114. The first-order chi connectivity index (χ1) is 11.4. The second-order valence-corrected chi connectivity index (χ2v) is 6.33. The number of carbonyl (C=O) groups excluding carboxylic acids is 2. The first-order valence-electron chi connectivity index (χ1n) is 7.18. The van der Waals surface area contributed by atoms with Crippen LogP contribution in [-0.2, 0) is 4.79 Å². The maximum absolute atomic E-state index is 12.9. The van der Waals surface area contributed by atoms with Crippen molar-refractivity contribution in [2.45, 2.75) is 13.8 Å². The smallest absolute Gasteiger partial charge is 0.255 e. The molecule has 1 aromatic heterocycles. The molecule has 2 N–H and O–H groups in total. The van der Waals surface area contributed by atoms with E-state index in [1.54, 1.807) is 12.1 Å². The van der Waals surface area contributed by atoms with E-state index in [1.165, 1.54) is 42.5 Å². The molecule has 0 fully saturated rings. The van der Waals surface area contributed by atoms with Gasteiger partial charge in [-0.25, -0.2) is 9.37 Å². The third-order valence-corrected chi connectivity index (χ3v) is 4.25. The van der Waals surface area contributed by atoms with Crippen molar-refractivity contribution in [3.63, 3.8) is 0 Å². The van der Waals surface area contributed by atoms with E-state index in [0.29, 0.717) is 16.4 Å². The van der Waals surface area contributed by atoms with Gasteiger partial charge < -0.3 is 10.6 Å². The van der Waals surface area contributed by atoms with Gasteiger partial charge in [-0.3, -0.25) is 9.59 Å². The number of benzene rings is 2. The van der Waals surface area contributed by atoms with Gasteiger partial charge in [-0.05, 0) is 48.9 Å². The first-order valence-corrected chi connectivity index (χ1v) is 8.00. The summed E-state index contributed by atoms with van der Waals surface area (Å²) in [6.07, 6.45) is 0. The number of nitrogens with zero attached hydrogens (tertiary/aromatic N) is 1. The molecule has 0 saturated heterocycles. The van der Waals surface area contributed by atoms with Crippen LogP contribution in [0.3, 0.4) is 0 Å². The van der Waals surface area contributed by atoms with Gasteiger partial charge in [0.25, 0.3) is 5.91 Å². The van der Waals surface area contributed by atoms with Crippen LogP contribution in [0.5, 0.6) is 0 Å². The van der Waals surface area contributed by atoms with E-state index in [2.05, 4.69) is 15.6 Å². The van der Waals surface area contributed by atoms with Gasteiger partial charge in [0, 0.05) is 18.2 Å². The van der Waals surface area contributed by atoms with Crippen LogP contribution < -0.4 is 10.6 Å². The van der Waals surface area contributed by atoms with Crippen molar-refractivity contribution >= 4 is 44.2 Å². The minimum Gasteiger partial charge on any atom is -0.322 e. The van der Waals surface area contributed by atoms with Crippen molar-refractivity contribution in [1.29, 1.82) is 0 Å². The summed E-state index contributed by atoms with van der Waals surface area (Å²) in [5.41, 5.74) is 2.66. The summed E-state index contributed by atoms with van der Waals surface area (Å²) in [5, 5.41) is 5.97. The summed E-state index contributed by atoms with van der Waals surface area (Å²) in [5.74, 6) is -0.893. The molecule has 122 valence electrons. The molecule has 2 aromatic carbocycles. The normalized spacial score (nSPS) is 10.6. The minimum atomic E-state index is -0.390. The molecule has 0 spiro atoms. The van der Waals surface area contributed by atoms with Crippen LogP contribution in [0, 0.1) is 12.7 Å². The lowest BCUT2D eigenvalue weighted by Crippen LogP contribution is -2.11. The fraction of sp³-hybridized carbons (Fsp3) is 0.118. The monoisotopic (exact) mass is 343 g/mol. The number of aryl methyl sites for hydroxylation is 1. The van der Waals surface area contributed by atoms with Crippen molar-refractivity contribution in [2.24, 2.45) is 0 Å². The van der Waals surface area contributed by atoms with E-state index >= 15 is 0 Å². The van der Waals surface area contributed by atoms with Crippen molar-refractivity contribution in [3.05, 3.63) is 53.3 Å². The molecule has 0 radical (unpaired) electrons. The lowest BCUT2D eigenvalue weighted by Gasteiger charge is -2.06. The molecule has 7 heteroatoms. The van der Waals surface area contributed by atoms with Crippen molar-refractivity contribution in [1.82, 2.24) is 4.98 Å². The Morgan fingerprint density at radius 1 is 1.12 bits per heavy atom. The molecule has 0 unspecified atom stereocenters. The van der Waals surface area contributed by atoms with E-state index < -0.39 is 0 Å². The fourth-order valence-electron chi connectivity index (χ4n) is 2.28. The third-order valence-electron chi connectivity index (χ3n) is 3.33. The molecule has 1 heterocycles. The average Bonchev–Trinajstić information content (AvgIpc) is 2.90. The van der Waals surface area contributed by atoms with E-state index in [1.807, 2.05) is 6.92 Å². The second kappa shape index (κ2) is 6.37. The van der Waals surface area contributed by atoms with Crippen LogP contribution in [0.25, 0.3) is 10.2 Å². The maximum atomic E-state index is 12.9. The van der Waals surface area contributed by atoms with Gasteiger partial charge in [0.2, 0.25) is 5.91 Å². The predicted octanol–water partition coefficient (Wildman–Crippen LogP) is 3.95. The topological polar surface area (TPSA) is 71.1 Å². The van der Waals surface area contributed by atoms with Gasteiger partial charge in [-0.1, -0.05) is 11.3 Å². The number of nitrogens with one attached hydrogen (secondary N) is 2. The SMILES string of the molecule is CC(=O)Nc1nc2c(C)cc(NC(=O)c3ccc(F)cc3)cc2s1. The van der Waals surface area contributed by atoms with Crippen molar-refractivity contribution < 1.29 is 14.0 Å². The largest absolute Gasteiger partial charge is 0.322 e. The lowest BCUT2D eigenvalue weighted by atomic mass is 10.1. The summed E-state index contributed by atoms with van der Waals surface area (Å²) in [6.45, 7) is 3.31. The number of thiazole rings is 1. The predicted molar refractivity (Wildman–Crippen MR) is 93.0 cm³/mol. The molecule has 0 aliphatic heterocycles. The summed E-state index contributed by atoms with van der Waals surface area (Å²) >= 11 is 1.33. The maximum Gasteiger partial charge on any atom is 0.255 e. The van der Waals surface area contributed by atoms with Gasteiger partial charge in [0.15, 0.2) is 5.13 Å². The zero-order valence-electron chi connectivity index (χ0n) is 13.0. The molecule has 0 bridgehead atoms. The zero-order valence-corrected chi connectivity index (χ0v) is 13.8. The Balaban J connectivity index is 1.88. The molecule has 2 amide bonds. The molecule has 3 aromatic rings. The Morgan fingerprint density at radius 2 is 1.83 bits per heavy atom. The van der Waals surface area contributed by atoms with Crippen LogP contribution in [0.1, 0.15) is 22.8 Å². The Labute approximate surface area is 141 Å². The number of aromatic nitrogens is 1. The highest BCUT2D eigenvalue weighted by Crippen LogP contribution is 2.31. The number of carbonyl (C=O) groups is 2. The summed E-state index contributed by atoms with van der Waals surface area (Å²) in [6, 6.07) is 8.95. The number of hydrogen-bond acceptors (Lipinski definition) is 4. The van der Waals surface area contributed by atoms with E-state index in [4.69, 9.17) is 0 Å². The highest BCUT2D eigenvalue weighted by molar-refractivity contribution is 7.22. The first kappa shape index (κ1) is 16.1. The fourth-order valence-corrected chi connectivity index (χ4v) is 3.31. The quantitative estimate of drug-likeness (QED) is 0.756. The van der Waals surface area contributed by atoms with Crippen molar-refractivity contribution in [2.75, 3.05) is 10.6 Å². The second-order valence-electron chi connectivity index (χ2n) is 5.30. The highest BCUT2D eigenvalue weighted by atomic mass is 32.1. The Hall–Kier alpha value is -2.80. The van der Waals surface area contributed by atoms with Crippen LogP contribution in [0.4, 0.5) is 15.2 Å². The number of amides is 2. The number of anilines is 2. The molecular formula is C17H14FN3O2S. The molecule has 24 heavy (non-hydrogen) atoms. The Morgan fingerprint density at radius 3 is 2.50 bits per heavy atom. The van der Waals surface area contributed by atoms with Gasteiger partial charge in [0.05, 0.1) is 10.2 Å². The third kappa shape index (κ3) is 3.41. The average molecular weight is 343 g/mol. The van der Waals surface area contributed by atoms with E-state index in [0.717, 1.165) is 15.8 Å². The van der Waals surface area contributed by atoms with Crippen molar-refractivity contribution in [3.8, 4) is 0 Å². The van der Waals surface area contributed by atoms with Gasteiger partial charge in [-0.15, -0.1) is 0 Å². The Bertz CT molecular complexity index is 935. The van der Waals surface area contributed by atoms with Gasteiger partial charge in [-0.2, -0.15) is 0 Å². The molecule has 0 atom stereocenters. The van der Waals surface area contributed by atoms with Gasteiger partial charge in [0.1, 0.15) is 5.82 Å². The molecule has 3 rings (SSSR count). The van der Waals surface area contributed by atoms with Crippen LogP contribution in [-0.4, -0.2) is 16.8 Å². The highest BCUT2D eigenvalue weighted by Gasteiger charge is 2.11. The zero-order chi connectivity index (χ0) is 17.3. The molecular weight excluding hydrogens is 329 g/mol. The van der Waals surface area contributed by atoms with Crippen LogP contribution in [0.2, 0.25) is 0 Å². The van der Waals surface area contributed by atoms with Crippen LogP contribution in [0.15, 0.2) is 36.4 Å². The Kier molecular flexibility index (Phi) is 4.26. The van der Waals surface area contributed by atoms with E-state index in [-0.39, 0.29) is 17.6 Å². The van der Waals surface area contributed by atoms with Gasteiger partial charge >= 0.3 is 0 Å². The minimum absolute atomic E-state index is 0.184.